The maximum absolute atomic E-state index is 10.2. The van der Waals surface area contributed by atoms with Crippen LogP contribution in [0, 0.1) is 0 Å². The molecule has 0 amide bonds. The zero-order valence-corrected chi connectivity index (χ0v) is 15.5. The fraction of sp³-hybridized carbons (Fsp3) is 0.700. The van der Waals surface area contributed by atoms with Crippen LogP contribution in [0.4, 0.5) is 0 Å². The molecule has 0 rings (SSSR count). The molecule has 0 aromatic rings. The summed E-state index contributed by atoms with van der Waals surface area (Å²) in [6, 6.07) is 0. The number of unbranched alkanes of at least 4 members (excludes halogenated alkanes) is 8. The van der Waals surface area contributed by atoms with E-state index in [0.717, 1.165) is 51.4 Å². The maximum Gasteiger partial charge on any atom is 0.305 e. The summed E-state index contributed by atoms with van der Waals surface area (Å²) in [6.07, 6.45) is 14.4. The number of carbonyl (C=O) groups is 2. The van der Waals surface area contributed by atoms with Gasteiger partial charge in [0.2, 0.25) is 0 Å². The number of hydrogen-bond donors (Lipinski definition) is 3. The summed E-state index contributed by atoms with van der Waals surface area (Å²) < 4.78 is 0. The van der Waals surface area contributed by atoms with Gasteiger partial charge in [-0.25, -0.2) is 0 Å². The first-order chi connectivity index (χ1) is 11.9. The van der Waals surface area contributed by atoms with E-state index in [1.807, 2.05) is 12.2 Å². The zero-order chi connectivity index (χ0) is 19.3. The molecule has 5 heteroatoms. The summed E-state index contributed by atoms with van der Waals surface area (Å²) in [7, 11) is 0. The third kappa shape index (κ3) is 27.5. The molecule has 0 saturated carbocycles. The zero-order valence-electron chi connectivity index (χ0n) is 15.5. The summed E-state index contributed by atoms with van der Waals surface area (Å²) >= 11 is 0. The van der Waals surface area contributed by atoms with Crippen LogP contribution in [0.25, 0.3) is 0 Å². The Kier molecular flexibility index (Phi) is 20.9. The van der Waals surface area contributed by atoms with Crippen LogP contribution in [0.5, 0.6) is 0 Å². The first-order valence-electron chi connectivity index (χ1n) is 9.27. The van der Waals surface area contributed by atoms with Crippen LogP contribution in [-0.2, 0) is 9.59 Å². The van der Waals surface area contributed by atoms with Crippen molar-refractivity contribution >= 4 is 11.9 Å². The highest BCUT2D eigenvalue weighted by molar-refractivity contribution is 5.67. The van der Waals surface area contributed by atoms with Gasteiger partial charge in [0.1, 0.15) is 0 Å². The molecule has 5 nitrogen and oxygen atoms in total. The maximum atomic E-state index is 10.2. The fourth-order valence-electron chi connectivity index (χ4n) is 2.24. The van der Waals surface area contributed by atoms with Crippen LogP contribution >= 0.6 is 0 Å². The van der Waals surface area contributed by atoms with Crippen LogP contribution in [0.2, 0.25) is 0 Å². The van der Waals surface area contributed by atoms with Crippen molar-refractivity contribution in [1.29, 1.82) is 0 Å². The van der Waals surface area contributed by atoms with Crippen LogP contribution in [0.15, 0.2) is 25.3 Å². The summed E-state index contributed by atoms with van der Waals surface area (Å²) in [5, 5.41) is 25.9. The first-order valence-corrected chi connectivity index (χ1v) is 9.27. The second kappa shape index (κ2) is 20.4. The molecule has 1 atom stereocenters. The Bertz CT molecular complexity index is 352. The number of aliphatic hydroxyl groups is 1. The number of allylic oxidation sites excluding steroid dienone is 2. The van der Waals surface area contributed by atoms with Crippen LogP contribution < -0.4 is 0 Å². The molecule has 146 valence electrons. The van der Waals surface area contributed by atoms with E-state index in [2.05, 4.69) is 13.2 Å². The average Bonchev–Trinajstić information content (AvgIpc) is 2.53. The minimum absolute atomic E-state index is 0.137. The van der Waals surface area contributed by atoms with Gasteiger partial charge in [0.15, 0.2) is 0 Å². The topological polar surface area (TPSA) is 94.8 Å². The summed E-state index contributed by atoms with van der Waals surface area (Å²) in [5.41, 5.74) is 0. The van der Waals surface area contributed by atoms with Gasteiger partial charge in [-0.1, -0.05) is 44.3 Å². The normalized spacial score (nSPS) is 11.1. The van der Waals surface area contributed by atoms with E-state index in [1.54, 1.807) is 0 Å². The smallest absolute Gasteiger partial charge is 0.305 e. The SMILES string of the molecule is C=CCCCCCC(O)CC(=O)O.C=CCCCCCCCC(=O)O. The van der Waals surface area contributed by atoms with Crippen molar-refractivity contribution in [3.8, 4) is 0 Å². The molecular formula is C20H36O5. The van der Waals surface area contributed by atoms with Crippen molar-refractivity contribution < 1.29 is 24.9 Å². The van der Waals surface area contributed by atoms with E-state index in [0.29, 0.717) is 12.8 Å². The van der Waals surface area contributed by atoms with Crippen LogP contribution in [0.3, 0.4) is 0 Å². The fourth-order valence-corrected chi connectivity index (χ4v) is 2.24. The lowest BCUT2D eigenvalue weighted by molar-refractivity contribution is -0.139. The number of aliphatic hydroxyl groups excluding tert-OH is 1. The Hall–Kier alpha value is -1.62. The molecule has 0 saturated heterocycles. The molecule has 0 heterocycles. The molecule has 0 aliphatic carbocycles. The number of carboxylic acids is 2. The second-order valence-corrected chi connectivity index (χ2v) is 6.17. The van der Waals surface area contributed by atoms with Gasteiger partial charge in [-0.05, 0) is 38.5 Å². The van der Waals surface area contributed by atoms with Crippen LogP contribution in [-0.4, -0.2) is 33.4 Å². The molecule has 3 N–H and O–H groups in total. The Morgan fingerprint density at radius 1 is 0.760 bits per heavy atom. The van der Waals surface area contributed by atoms with E-state index < -0.39 is 18.0 Å². The van der Waals surface area contributed by atoms with Gasteiger partial charge in [0.25, 0.3) is 0 Å². The molecule has 0 aromatic carbocycles. The molecule has 0 aliphatic rings. The summed E-state index contributed by atoms with van der Waals surface area (Å²) in [4.78, 5) is 20.3. The highest BCUT2D eigenvalue weighted by Gasteiger charge is 2.08. The monoisotopic (exact) mass is 356 g/mol. The number of hydrogen-bond acceptors (Lipinski definition) is 3. The number of rotatable bonds is 16. The predicted molar refractivity (Wildman–Crippen MR) is 102 cm³/mol. The van der Waals surface area contributed by atoms with E-state index in [4.69, 9.17) is 10.2 Å². The van der Waals surface area contributed by atoms with Crippen LogP contribution in [0.1, 0.15) is 83.5 Å². The first kappa shape index (κ1) is 25.6. The third-order valence-electron chi connectivity index (χ3n) is 3.65. The van der Waals surface area contributed by atoms with E-state index in [1.165, 1.54) is 12.8 Å². The minimum atomic E-state index is -0.932. The van der Waals surface area contributed by atoms with Gasteiger partial charge in [0.05, 0.1) is 12.5 Å². The largest absolute Gasteiger partial charge is 0.481 e. The molecule has 0 radical (unpaired) electrons. The van der Waals surface area contributed by atoms with Crippen molar-refractivity contribution in [2.24, 2.45) is 0 Å². The molecule has 0 fully saturated rings. The standard InChI is InChI=1S/C10H18O3.C10H18O2/c1-2-3-4-5-6-7-9(11)8-10(12)13;1-2-3-4-5-6-7-8-9-10(11)12/h2,9,11H,1,3-8H2,(H,12,13);2H,1,3-9H2,(H,11,12). The molecule has 0 spiro atoms. The Balaban J connectivity index is 0. The van der Waals surface area contributed by atoms with Gasteiger partial charge in [-0.2, -0.15) is 0 Å². The van der Waals surface area contributed by atoms with Crippen molar-refractivity contribution in [3.05, 3.63) is 25.3 Å². The van der Waals surface area contributed by atoms with Gasteiger partial charge >= 0.3 is 11.9 Å². The summed E-state index contributed by atoms with van der Waals surface area (Å²) in [5.74, 6) is -1.61. The average molecular weight is 357 g/mol. The Labute approximate surface area is 152 Å². The predicted octanol–water partition coefficient (Wildman–Crippen LogP) is 4.95. The number of aliphatic carboxylic acids is 2. The Morgan fingerprint density at radius 2 is 1.24 bits per heavy atom. The summed E-state index contributed by atoms with van der Waals surface area (Å²) in [6.45, 7) is 7.25. The minimum Gasteiger partial charge on any atom is -0.481 e. The molecule has 25 heavy (non-hydrogen) atoms. The van der Waals surface area contributed by atoms with Gasteiger partial charge < -0.3 is 15.3 Å². The van der Waals surface area contributed by atoms with E-state index in [9.17, 15) is 14.7 Å². The van der Waals surface area contributed by atoms with Crippen molar-refractivity contribution in [2.45, 2.75) is 89.6 Å². The lowest BCUT2D eigenvalue weighted by atomic mass is 10.1. The van der Waals surface area contributed by atoms with Crippen molar-refractivity contribution in [1.82, 2.24) is 0 Å². The molecular weight excluding hydrogens is 320 g/mol. The second-order valence-electron chi connectivity index (χ2n) is 6.17. The van der Waals surface area contributed by atoms with Gasteiger partial charge in [-0.3, -0.25) is 9.59 Å². The molecule has 1 unspecified atom stereocenters. The van der Waals surface area contributed by atoms with Crippen molar-refractivity contribution in [2.75, 3.05) is 0 Å². The third-order valence-corrected chi connectivity index (χ3v) is 3.65. The Morgan fingerprint density at radius 3 is 1.72 bits per heavy atom. The quantitative estimate of drug-likeness (QED) is 0.269. The lowest BCUT2D eigenvalue weighted by Gasteiger charge is -2.06. The lowest BCUT2D eigenvalue weighted by Crippen LogP contribution is -2.12. The van der Waals surface area contributed by atoms with Crippen molar-refractivity contribution in [3.63, 3.8) is 0 Å². The van der Waals surface area contributed by atoms with Gasteiger partial charge in [-0.15, -0.1) is 13.2 Å². The molecule has 0 aromatic heterocycles. The number of carboxylic acid groups (broad SMARTS) is 2. The van der Waals surface area contributed by atoms with Gasteiger partial charge in [0, 0.05) is 6.42 Å². The molecule has 0 bridgehead atoms. The highest BCUT2D eigenvalue weighted by Crippen LogP contribution is 2.08. The van der Waals surface area contributed by atoms with E-state index in [-0.39, 0.29) is 6.42 Å². The highest BCUT2D eigenvalue weighted by atomic mass is 16.4. The molecule has 0 aliphatic heterocycles. The van der Waals surface area contributed by atoms with E-state index >= 15 is 0 Å².